The van der Waals surface area contributed by atoms with Crippen molar-refractivity contribution in [3.8, 4) is 5.75 Å². The minimum Gasteiger partial charge on any atom is -0.493 e. The molecule has 1 N–H and O–H groups in total. The topological polar surface area (TPSA) is 39.1 Å². The molecular formula is C13H25N3O. The lowest BCUT2D eigenvalue weighted by atomic mass is 10.1. The molecule has 0 radical (unpaired) electrons. The van der Waals surface area contributed by atoms with Crippen LogP contribution >= 0.6 is 0 Å². The van der Waals surface area contributed by atoms with E-state index in [9.17, 15) is 0 Å². The van der Waals surface area contributed by atoms with Crippen LogP contribution in [0.3, 0.4) is 0 Å². The molecule has 0 saturated carbocycles. The van der Waals surface area contributed by atoms with E-state index in [0.717, 1.165) is 38.1 Å². The van der Waals surface area contributed by atoms with E-state index in [1.54, 1.807) is 7.11 Å². The first-order valence-electron chi connectivity index (χ1n) is 6.61. The number of hydrogen-bond acceptors (Lipinski definition) is 3. The van der Waals surface area contributed by atoms with Crippen molar-refractivity contribution in [2.75, 3.05) is 13.7 Å². The second-order valence-corrected chi connectivity index (χ2v) is 4.24. The Bertz CT molecular complexity index is 322. The zero-order valence-electron chi connectivity index (χ0n) is 11.5. The van der Waals surface area contributed by atoms with Crippen molar-refractivity contribution < 1.29 is 4.74 Å². The summed E-state index contributed by atoms with van der Waals surface area (Å²) in [5.74, 6) is 0.897. The molecule has 1 aromatic rings. The molecule has 0 aliphatic heterocycles. The number of aromatic nitrogens is 2. The van der Waals surface area contributed by atoms with Crippen molar-refractivity contribution in [1.82, 2.24) is 15.1 Å². The highest BCUT2D eigenvalue weighted by Crippen LogP contribution is 2.27. The molecular weight excluding hydrogens is 214 g/mol. The van der Waals surface area contributed by atoms with E-state index in [-0.39, 0.29) is 0 Å². The molecule has 1 heterocycles. The van der Waals surface area contributed by atoms with Gasteiger partial charge >= 0.3 is 0 Å². The fraction of sp³-hybridized carbons (Fsp3) is 0.769. The first-order valence-corrected chi connectivity index (χ1v) is 6.61. The van der Waals surface area contributed by atoms with Crippen LogP contribution in [0.2, 0.25) is 0 Å². The van der Waals surface area contributed by atoms with E-state index in [4.69, 9.17) is 4.74 Å². The highest BCUT2D eigenvalue weighted by molar-refractivity contribution is 5.28. The lowest BCUT2D eigenvalue weighted by Crippen LogP contribution is -2.24. The minimum absolute atomic E-state index is 0.332. The zero-order valence-corrected chi connectivity index (χ0v) is 11.5. The highest BCUT2D eigenvalue weighted by Gasteiger charge is 2.19. The van der Waals surface area contributed by atoms with Crippen molar-refractivity contribution in [3.63, 3.8) is 0 Å². The van der Waals surface area contributed by atoms with Gasteiger partial charge in [-0.05, 0) is 25.8 Å². The fourth-order valence-electron chi connectivity index (χ4n) is 2.03. The van der Waals surface area contributed by atoms with Gasteiger partial charge in [-0.2, -0.15) is 5.10 Å². The van der Waals surface area contributed by atoms with Crippen molar-refractivity contribution in [3.05, 3.63) is 11.9 Å². The quantitative estimate of drug-likeness (QED) is 0.758. The van der Waals surface area contributed by atoms with Gasteiger partial charge < -0.3 is 10.1 Å². The molecule has 0 spiro atoms. The second kappa shape index (κ2) is 7.33. The average molecular weight is 239 g/mol. The number of nitrogens with one attached hydrogen (secondary N) is 1. The Kier molecular flexibility index (Phi) is 6.05. The van der Waals surface area contributed by atoms with Crippen LogP contribution in [0.25, 0.3) is 0 Å². The molecule has 4 heteroatoms. The number of ether oxygens (including phenoxy) is 1. The Morgan fingerprint density at radius 1 is 1.35 bits per heavy atom. The summed E-state index contributed by atoms with van der Waals surface area (Å²) in [5, 5.41) is 7.96. The molecule has 1 aromatic heterocycles. The van der Waals surface area contributed by atoms with Crippen LogP contribution in [0.4, 0.5) is 0 Å². The molecule has 17 heavy (non-hydrogen) atoms. The van der Waals surface area contributed by atoms with Gasteiger partial charge in [0, 0.05) is 6.54 Å². The van der Waals surface area contributed by atoms with E-state index in [1.165, 1.54) is 5.69 Å². The minimum atomic E-state index is 0.332. The molecule has 0 aliphatic rings. The van der Waals surface area contributed by atoms with E-state index >= 15 is 0 Å². The third-order valence-electron chi connectivity index (χ3n) is 2.88. The third-order valence-corrected chi connectivity index (χ3v) is 2.88. The van der Waals surface area contributed by atoms with Gasteiger partial charge in [0.05, 0.1) is 25.0 Å². The van der Waals surface area contributed by atoms with Crippen molar-refractivity contribution >= 4 is 0 Å². The Labute approximate surface area is 104 Å². The van der Waals surface area contributed by atoms with Crippen LogP contribution in [0.5, 0.6) is 5.75 Å². The van der Waals surface area contributed by atoms with E-state index in [1.807, 2.05) is 6.20 Å². The van der Waals surface area contributed by atoms with Crippen LogP contribution in [-0.2, 0) is 6.54 Å². The monoisotopic (exact) mass is 239 g/mol. The predicted octanol–water partition coefficient (Wildman–Crippen LogP) is 2.75. The fourth-order valence-corrected chi connectivity index (χ4v) is 2.03. The maximum Gasteiger partial charge on any atom is 0.161 e. The van der Waals surface area contributed by atoms with Gasteiger partial charge in [-0.15, -0.1) is 0 Å². The van der Waals surface area contributed by atoms with E-state index in [0.29, 0.717) is 6.04 Å². The summed E-state index contributed by atoms with van der Waals surface area (Å²) in [7, 11) is 1.71. The van der Waals surface area contributed by atoms with Gasteiger partial charge in [0.25, 0.3) is 0 Å². The summed E-state index contributed by atoms with van der Waals surface area (Å²) >= 11 is 0. The molecule has 1 atom stereocenters. The predicted molar refractivity (Wildman–Crippen MR) is 70.4 cm³/mol. The molecule has 0 saturated heterocycles. The Morgan fingerprint density at radius 2 is 2.12 bits per heavy atom. The molecule has 0 amide bonds. The summed E-state index contributed by atoms with van der Waals surface area (Å²) in [6.07, 6.45) is 5.09. The maximum atomic E-state index is 5.41. The molecule has 4 nitrogen and oxygen atoms in total. The van der Waals surface area contributed by atoms with E-state index < -0.39 is 0 Å². The average Bonchev–Trinajstić information content (AvgIpc) is 2.74. The number of rotatable bonds is 8. The van der Waals surface area contributed by atoms with Crippen molar-refractivity contribution in [2.45, 2.75) is 52.6 Å². The van der Waals surface area contributed by atoms with Crippen molar-refractivity contribution in [2.24, 2.45) is 0 Å². The lowest BCUT2D eigenvalue weighted by Gasteiger charge is -2.19. The summed E-state index contributed by atoms with van der Waals surface area (Å²) < 4.78 is 7.48. The largest absolute Gasteiger partial charge is 0.493 e. The van der Waals surface area contributed by atoms with Gasteiger partial charge in [0.2, 0.25) is 0 Å². The summed E-state index contributed by atoms with van der Waals surface area (Å²) in [6.45, 7) is 8.51. The number of hydrogen-bond donors (Lipinski definition) is 1. The molecule has 0 aromatic carbocycles. The molecule has 1 unspecified atom stereocenters. The number of methoxy groups -OCH3 is 1. The number of nitrogens with zero attached hydrogens (tertiary/aromatic N) is 2. The molecule has 0 bridgehead atoms. The molecule has 98 valence electrons. The Morgan fingerprint density at radius 3 is 2.65 bits per heavy atom. The van der Waals surface area contributed by atoms with Crippen LogP contribution in [-0.4, -0.2) is 23.4 Å². The van der Waals surface area contributed by atoms with E-state index in [2.05, 4.69) is 35.9 Å². The van der Waals surface area contributed by atoms with Crippen molar-refractivity contribution in [1.29, 1.82) is 0 Å². The molecule has 1 rings (SSSR count). The molecule has 0 fully saturated rings. The normalized spacial score (nSPS) is 12.7. The Hall–Kier alpha value is -1.03. The smallest absolute Gasteiger partial charge is 0.161 e. The van der Waals surface area contributed by atoms with Gasteiger partial charge in [0.15, 0.2) is 5.75 Å². The highest BCUT2D eigenvalue weighted by atomic mass is 16.5. The van der Waals surface area contributed by atoms with Crippen LogP contribution in [0.1, 0.15) is 51.8 Å². The third kappa shape index (κ3) is 3.46. The summed E-state index contributed by atoms with van der Waals surface area (Å²) in [5.41, 5.74) is 1.19. The lowest BCUT2D eigenvalue weighted by molar-refractivity contribution is 0.386. The summed E-state index contributed by atoms with van der Waals surface area (Å²) in [6, 6.07) is 0.332. The van der Waals surface area contributed by atoms with Gasteiger partial charge in [0.1, 0.15) is 0 Å². The SMILES string of the molecule is CCCNC(CC)c1c(OC)cnn1CCC. The number of aryl methyl sites for hydroxylation is 1. The standard InChI is InChI=1S/C13H25N3O/c1-5-8-14-11(7-3)13-12(17-4)10-15-16(13)9-6-2/h10-11,14H,5-9H2,1-4H3. The van der Waals surface area contributed by atoms with Gasteiger partial charge in [-0.3, -0.25) is 4.68 Å². The first kappa shape index (κ1) is 14.0. The van der Waals surface area contributed by atoms with Crippen LogP contribution in [0, 0.1) is 0 Å². The summed E-state index contributed by atoms with van der Waals surface area (Å²) in [4.78, 5) is 0. The first-order chi connectivity index (χ1) is 8.28. The Balaban J connectivity index is 2.92. The van der Waals surface area contributed by atoms with Gasteiger partial charge in [-0.25, -0.2) is 0 Å². The second-order valence-electron chi connectivity index (χ2n) is 4.24. The van der Waals surface area contributed by atoms with Crippen LogP contribution in [0.15, 0.2) is 6.20 Å². The molecule has 0 aliphatic carbocycles. The van der Waals surface area contributed by atoms with Crippen LogP contribution < -0.4 is 10.1 Å². The van der Waals surface area contributed by atoms with Gasteiger partial charge in [-0.1, -0.05) is 20.8 Å². The zero-order chi connectivity index (χ0) is 12.7. The maximum absolute atomic E-state index is 5.41.